The van der Waals surface area contributed by atoms with Gasteiger partial charge in [0.15, 0.2) is 0 Å². The van der Waals surface area contributed by atoms with E-state index in [0.29, 0.717) is 5.78 Å². The van der Waals surface area contributed by atoms with Gasteiger partial charge in [0.1, 0.15) is 0 Å². The Morgan fingerprint density at radius 2 is 1.07 bits per heavy atom. The third-order valence-electron chi connectivity index (χ3n) is 5.82. The summed E-state index contributed by atoms with van der Waals surface area (Å²) < 4.78 is 0. The summed E-state index contributed by atoms with van der Waals surface area (Å²) in [5, 5.41) is 2.14. The van der Waals surface area contributed by atoms with Gasteiger partial charge in [-0.05, 0) is 0 Å². The van der Waals surface area contributed by atoms with Crippen molar-refractivity contribution in [3.8, 4) is 0 Å². The van der Waals surface area contributed by atoms with E-state index in [4.69, 9.17) is 0 Å². The van der Waals surface area contributed by atoms with E-state index < -0.39 is 13.9 Å². The summed E-state index contributed by atoms with van der Waals surface area (Å²) in [5.74, 6) is 2.71. The molecule has 0 spiro atoms. The van der Waals surface area contributed by atoms with Crippen molar-refractivity contribution in [1.29, 1.82) is 0 Å². The zero-order valence-electron chi connectivity index (χ0n) is 19.4. The van der Waals surface area contributed by atoms with Gasteiger partial charge in [-0.2, -0.15) is 0 Å². The molecule has 0 aliphatic carbocycles. The molecule has 0 saturated carbocycles. The van der Waals surface area contributed by atoms with Crippen LogP contribution in [0.3, 0.4) is 0 Å². The maximum atomic E-state index is 12.3. The number of carbonyl (C=O) groups excluding carboxylic acids is 1. The number of hydrogen-bond acceptors (Lipinski definition) is 1. The Kier molecular flexibility index (Phi) is 17.7. The summed E-state index contributed by atoms with van der Waals surface area (Å²) in [5.41, 5.74) is 0.898. The van der Waals surface area contributed by atoms with Gasteiger partial charge in [0, 0.05) is 0 Å². The van der Waals surface area contributed by atoms with Crippen LogP contribution in [0.2, 0.25) is 16.5 Å². The standard InChI is InChI=1S/C27H47OSe/c1-3-4-5-6-7-8-9-10-11-12-13-14-15-16-17-21-24-29(2)25-27(28)26-22-19-18-20-23-26/h18-20,22-23H,3-17,21,24-25H2,1-2H3/q+1. The van der Waals surface area contributed by atoms with Crippen LogP contribution in [0, 0.1) is 0 Å². The van der Waals surface area contributed by atoms with Crippen LogP contribution in [0.5, 0.6) is 0 Å². The average molecular weight is 467 g/mol. The minimum atomic E-state index is -0.734. The molecule has 1 atom stereocenters. The number of carbonyl (C=O) groups is 1. The quantitative estimate of drug-likeness (QED) is 0.106. The summed E-state index contributed by atoms with van der Waals surface area (Å²) in [6.45, 7) is 2.29. The normalized spacial score (nSPS) is 12.2. The molecule has 0 amide bonds. The molecule has 0 radical (unpaired) electrons. The first-order valence-corrected chi connectivity index (χ1v) is 16.5. The van der Waals surface area contributed by atoms with E-state index in [1.54, 1.807) is 0 Å². The molecular formula is C27H47OSe+. The Morgan fingerprint density at radius 3 is 1.52 bits per heavy atom. The van der Waals surface area contributed by atoms with E-state index in [1.165, 1.54) is 108 Å². The first-order valence-electron chi connectivity index (χ1n) is 12.4. The molecule has 1 aromatic rings. The van der Waals surface area contributed by atoms with Crippen molar-refractivity contribution in [3.63, 3.8) is 0 Å². The van der Waals surface area contributed by atoms with Crippen molar-refractivity contribution in [2.45, 2.75) is 126 Å². The molecule has 0 aliphatic heterocycles. The van der Waals surface area contributed by atoms with Crippen LogP contribution in [0.1, 0.15) is 120 Å². The Bertz CT molecular complexity index is 485. The van der Waals surface area contributed by atoms with E-state index in [2.05, 4.69) is 12.7 Å². The fraction of sp³-hybridized carbons (Fsp3) is 0.741. The molecule has 0 fully saturated rings. The third kappa shape index (κ3) is 15.9. The third-order valence-corrected chi connectivity index (χ3v) is 9.47. The van der Waals surface area contributed by atoms with Crippen LogP contribution in [0.25, 0.3) is 0 Å². The zero-order chi connectivity index (χ0) is 21.0. The molecule has 0 aliphatic rings. The molecule has 166 valence electrons. The minimum absolute atomic E-state index is 0.356. The number of hydrogen-bond donors (Lipinski definition) is 0. The van der Waals surface area contributed by atoms with E-state index in [9.17, 15) is 4.79 Å². The van der Waals surface area contributed by atoms with Crippen molar-refractivity contribution in [2.75, 3.05) is 0 Å². The molecule has 0 saturated heterocycles. The van der Waals surface area contributed by atoms with Gasteiger partial charge in [0.2, 0.25) is 0 Å². The van der Waals surface area contributed by atoms with Crippen molar-refractivity contribution in [2.24, 2.45) is 0 Å². The Balaban J connectivity index is 1.81. The van der Waals surface area contributed by atoms with Crippen LogP contribution in [-0.2, 0) is 0 Å². The van der Waals surface area contributed by atoms with Crippen LogP contribution >= 0.6 is 0 Å². The Hall–Kier alpha value is -0.591. The van der Waals surface area contributed by atoms with Gasteiger partial charge in [-0.15, -0.1) is 0 Å². The molecule has 0 heterocycles. The Morgan fingerprint density at radius 1 is 0.655 bits per heavy atom. The summed E-state index contributed by atoms with van der Waals surface area (Å²) in [6.07, 6.45) is 22.8. The first kappa shape index (κ1) is 26.4. The first-order chi connectivity index (χ1) is 14.2. The van der Waals surface area contributed by atoms with Crippen molar-refractivity contribution in [1.82, 2.24) is 0 Å². The van der Waals surface area contributed by atoms with Crippen molar-refractivity contribution >= 4 is 19.7 Å². The molecule has 29 heavy (non-hydrogen) atoms. The molecule has 2 heteroatoms. The molecular weight excluding hydrogens is 419 g/mol. The predicted octanol–water partition coefficient (Wildman–Crippen LogP) is 9.26. The number of benzene rings is 1. The number of unbranched alkanes of at least 4 members (excludes halogenated alkanes) is 15. The van der Waals surface area contributed by atoms with Gasteiger partial charge in [0.25, 0.3) is 0 Å². The molecule has 0 aromatic heterocycles. The topological polar surface area (TPSA) is 17.1 Å². The van der Waals surface area contributed by atoms with Gasteiger partial charge >= 0.3 is 147 Å². The predicted molar refractivity (Wildman–Crippen MR) is 132 cm³/mol. The summed E-state index contributed by atoms with van der Waals surface area (Å²) in [4.78, 5) is 12.3. The summed E-state index contributed by atoms with van der Waals surface area (Å²) >= 11 is -0.734. The van der Waals surface area contributed by atoms with Gasteiger partial charge in [-0.25, -0.2) is 0 Å². The second kappa shape index (κ2) is 19.4. The van der Waals surface area contributed by atoms with Crippen molar-refractivity contribution < 1.29 is 4.79 Å². The van der Waals surface area contributed by atoms with Crippen LogP contribution in [-0.4, -0.2) is 19.7 Å². The fourth-order valence-corrected chi connectivity index (χ4v) is 6.95. The molecule has 0 bridgehead atoms. The Labute approximate surface area is 186 Å². The maximum absolute atomic E-state index is 12.3. The zero-order valence-corrected chi connectivity index (χ0v) is 21.1. The number of ketones is 1. The second-order valence-electron chi connectivity index (χ2n) is 8.72. The van der Waals surface area contributed by atoms with Gasteiger partial charge in [0.05, 0.1) is 0 Å². The van der Waals surface area contributed by atoms with Gasteiger partial charge < -0.3 is 0 Å². The second-order valence-corrected chi connectivity index (χ2v) is 13.5. The molecule has 1 unspecified atom stereocenters. The average Bonchev–Trinajstić information content (AvgIpc) is 2.74. The van der Waals surface area contributed by atoms with Gasteiger partial charge in [-0.3, -0.25) is 0 Å². The molecule has 1 aromatic carbocycles. The van der Waals surface area contributed by atoms with E-state index in [-0.39, 0.29) is 0 Å². The SMILES string of the molecule is CCCCCCCCCCCCCCCCCC[Se+](C)CC(=O)c1ccccc1. The van der Waals surface area contributed by atoms with Crippen LogP contribution in [0.15, 0.2) is 30.3 Å². The number of Topliss-reactive ketones (excluding diaryl/α,β-unsaturated/α-hetero) is 1. The van der Waals surface area contributed by atoms with E-state index >= 15 is 0 Å². The molecule has 0 N–H and O–H groups in total. The van der Waals surface area contributed by atoms with E-state index in [0.717, 1.165) is 10.9 Å². The van der Waals surface area contributed by atoms with Gasteiger partial charge in [-0.1, -0.05) is 39.0 Å². The van der Waals surface area contributed by atoms with Crippen LogP contribution < -0.4 is 0 Å². The molecule has 1 nitrogen and oxygen atoms in total. The number of rotatable bonds is 20. The van der Waals surface area contributed by atoms with Crippen molar-refractivity contribution in [3.05, 3.63) is 35.9 Å². The van der Waals surface area contributed by atoms with Crippen LogP contribution in [0.4, 0.5) is 0 Å². The molecule has 1 rings (SSSR count). The summed E-state index contributed by atoms with van der Waals surface area (Å²) in [6, 6.07) is 9.82. The monoisotopic (exact) mass is 467 g/mol. The summed E-state index contributed by atoms with van der Waals surface area (Å²) in [7, 11) is 0. The fourth-order valence-electron chi connectivity index (χ4n) is 3.90. The van der Waals surface area contributed by atoms with E-state index in [1.807, 2.05) is 30.3 Å².